The summed E-state index contributed by atoms with van der Waals surface area (Å²) < 4.78 is 14.5. The molecule has 1 aliphatic heterocycles. The van der Waals surface area contributed by atoms with E-state index in [4.69, 9.17) is 0 Å². The van der Waals surface area contributed by atoms with E-state index in [1.54, 1.807) is 12.1 Å². The molecule has 1 unspecified atom stereocenters. The molecule has 0 saturated carbocycles. The molecular formula is C21H26FN3O. The topological polar surface area (TPSA) is 35.6 Å². The van der Waals surface area contributed by atoms with Gasteiger partial charge in [-0.25, -0.2) is 4.39 Å². The van der Waals surface area contributed by atoms with Crippen molar-refractivity contribution in [2.75, 3.05) is 40.3 Å². The quantitative estimate of drug-likeness (QED) is 0.916. The number of carbonyl (C=O) groups is 1. The van der Waals surface area contributed by atoms with Crippen molar-refractivity contribution >= 4 is 5.91 Å². The molecule has 0 aromatic heterocycles. The summed E-state index contributed by atoms with van der Waals surface area (Å²) in [6.45, 7) is 5.41. The maximum Gasteiger partial charge on any atom is 0.254 e. The zero-order chi connectivity index (χ0) is 18.7. The third-order valence-corrected chi connectivity index (χ3v) is 5.08. The van der Waals surface area contributed by atoms with E-state index < -0.39 is 5.82 Å². The van der Waals surface area contributed by atoms with Gasteiger partial charge in [-0.05, 0) is 44.3 Å². The monoisotopic (exact) mass is 355 g/mol. The van der Waals surface area contributed by atoms with Crippen LogP contribution in [-0.2, 0) is 0 Å². The Hall–Kier alpha value is -2.24. The van der Waals surface area contributed by atoms with Crippen LogP contribution in [0.15, 0.2) is 42.5 Å². The van der Waals surface area contributed by atoms with Crippen LogP contribution in [0.4, 0.5) is 4.39 Å². The van der Waals surface area contributed by atoms with Crippen molar-refractivity contribution < 1.29 is 9.18 Å². The summed E-state index contributed by atoms with van der Waals surface area (Å²) in [5.41, 5.74) is 2.96. The van der Waals surface area contributed by atoms with Gasteiger partial charge in [0.2, 0.25) is 0 Å². The zero-order valence-corrected chi connectivity index (χ0v) is 15.6. The Bertz CT molecular complexity index is 775. The second-order valence-corrected chi connectivity index (χ2v) is 7.17. The molecule has 1 atom stereocenters. The number of amides is 1. The van der Waals surface area contributed by atoms with Crippen LogP contribution < -0.4 is 5.32 Å². The smallest absolute Gasteiger partial charge is 0.254 e. The molecular weight excluding hydrogens is 329 g/mol. The summed E-state index contributed by atoms with van der Waals surface area (Å²) in [7, 11) is 4.13. The van der Waals surface area contributed by atoms with Gasteiger partial charge in [-0.2, -0.15) is 0 Å². The predicted molar refractivity (Wildman–Crippen MR) is 103 cm³/mol. The molecule has 1 N–H and O–H groups in total. The Morgan fingerprint density at radius 1 is 1.12 bits per heavy atom. The standard InChI is InChI=1S/C21H26FN3O/c1-15-4-6-16(7-5-15)17-8-9-19(20(22)12-17)21(26)23-13-18-14-24(2)10-11-25(18)3/h4-9,12,18H,10-11,13-14H2,1-3H3,(H,23,26). The first-order chi connectivity index (χ1) is 12.4. The van der Waals surface area contributed by atoms with Gasteiger partial charge in [0.15, 0.2) is 0 Å². The van der Waals surface area contributed by atoms with Gasteiger partial charge >= 0.3 is 0 Å². The number of rotatable bonds is 4. The molecule has 0 aliphatic carbocycles. The number of benzene rings is 2. The van der Waals surface area contributed by atoms with Crippen molar-refractivity contribution in [3.8, 4) is 11.1 Å². The second kappa shape index (κ2) is 7.98. The molecule has 0 bridgehead atoms. The van der Waals surface area contributed by atoms with Gasteiger partial charge in [-0.3, -0.25) is 9.69 Å². The lowest BCUT2D eigenvalue weighted by molar-refractivity contribution is 0.0878. The highest BCUT2D eigenvalue weighted by Gasteiger charge is 2.23. The maximum absolute atomic E-state index is 14.5. The van der Waals surface area contributed by atoms with Gasteiger partial charge in [0.1, 0.15) is 5.82 Å². The normalized spacial score (nSPS) is 18.7. The van der Waals surface area contributed by atoms with Gasteiger partial charge < -0.3 is 10.2 Å². The Kier molecular flexibility index (Phi) is 5.69. The number of hydrogen-bond acceptors (Lipinski definition) is 3. The third kappa shape index (κ3) is 4.29. The van der Waals surface area contributed by atoms with E-state index in [1.807, 2.05) is 31.2 Å². The van der Waals surface area contributed by atoms with Crippen molar-refractivity contribution in [3.05, 3.63) is 59.4 Å². The van der Waals surface area contributed by atoms with Crippen LogP contribution in [0.5, 0.6) is 0 Å². The number of carbonyl (C=O) groups excluding carboxylic acids is 1. The summed E-state index contributed by atoms with van der Waals surface area (Å²) in [5, 5.41) is 2.88. The van der Waals surface area contributed by atoms with Crippen molar-refractivity contribution in [1.82, 2.24) is 15.1 Å². The summed E-state index contributed by atoms with van der Waals surface area (Å²) in [4.78, 5) is 16.9. The van der Waals surface area contributed by atoms with Crippen molar-refractivity contribution in [3.63, 3.8) is 0 Å². The summed E-state index contributed by atoms with van der Waals surface area (Å²) >= 11 is 0. The first kappa shape index (κ1) is 18.5. The number of hydrogen-bond donors (Lipinski definition) is 1. The van der Waals surface area contributed by atoms with Crippen molar-refractivity contribution in [2.24, 2.45) is 0 Å². The molecule has 1 heterocycles. The molecule has 26 heavy (non-hydrogen) atoms. The predicted octanol–water partition coefficient (Wildman–Crippen LogP) is 2.78. The van der Waals surface area contributed by atoms with Gasteiger partial charge in [0.05, 0.1) is 5.56 Å². The van der Waals surface area contributed by atoms with Crippen molar-refractivity contribution in [1.29, 1.82) is 0 Å². The van der Waals surface area contributed by atoms with E-state index in [0.717, 1.165) is 36.3 Å². The fraction of sp³-hybridized carbons (Fsp3) is 0.381. The minimum atomic E-state index is -0.491. The minimum Gasteiger partial charge on any atom is -0.350 e. The first-order valence-corrected chi connectivity index (χ1v) is 8.97. The molecule has 1 amide bonds. The number of nitrogens with zero attached hydrogens (tertiary/aromatic N) is 2. The number of aryl methyl sites for hydroxylation is 1. The maximum atomic E-state index is 14.5. The van der Waals surface area contributed by atoms with Crippen LogP contribution in [0.25, 0.3) is 11.1 Å². The highest BCUT2D eigenvalue weighted by atomic mass is 19.1. The van der Waals surface area contributed by atoms with Crippen LogP contribution in [0.2, 0.25) is 0 Å². The van der Waals surface area contributed by atoms with Crippen LogP contribution in [0.3, 0.4) is 0 Å². The molecule has 2 aromatic rings. The fourth-order valence-electron chi connectivity index (χ4n) is 3.25. The average Bonchev–Trinajstić information content (AvgIpc) is 2.62. The number of likely N-dealkylation sites (N-methyl/N-ethyl adjacent to an activating group) is 2. The minimum absolute atomic E-state index is 0.0904. The Balaban J connectivity index is 1.67. The van der Waals surface area contributed by atoms with E-state index in [-0.39, 0.29) is 17.5 Å². The number of halogens is 1. The number of piperazine rings is 1. The van der Waals surface area contributed by atoms with Crippen LogP contribution in [-0.4, -0.2) is 62.0 Å². The lowest BCUT2D eigenvalue weighted by Crippen LogP contribution is -2.54. The molecule has 1 fully saturated rings. The molecule has 1 aliphatic rings. The molecule has 4 nitrogen and oxygen atoms in total. The fourth-order valence-corrected chi connectivity index (χ4v) is 3.25. The highest BCUT2D eigenvalue weighted by Crippen LogP contribution is 2.22. The van der Waals surface area contributed by atoms with Gasteiger partial charge in [0.25, 0.3) is 5.91 Å². The second-order valence-electron chi connectivity index (χ2n) is 7.17. The van der Waals surface area contributed by atoms with Crippen LogP contribution >= 0.6 is 0 Å². The molecule has 5 heteroatoms. The summed E-state index contributed by atoms with van der Waals surface area (Å²) in [5.74, 6) is -0.853. The summed E-state index contributed by atoms with van der Waals surface area (Å²) in [6.07, 6.45) is 0. The summed E-state index contributed by atoms with van der Waals surface area (Å²) in [6, 6.07) is 12.9. The third-order valence-electron chi connectivity index (χ3n) is 5.08. The molecule has 0 spiro atoms. The Morgan fingerprint density at radius 2 is 1.81 bits per heavy atom. The van der Waals surface area contributed by atoms with Gasteiger partial charge in [-0.1, -0.05) is 35.9 Å². The first-order valence-electron chi connectivity index (χ1n) is 8.97. The molecule has 1 saturated heterocycles. The van der Waals surface area contributed by atoms with E-state index >= 15 is 0 Å². The van der Waals surface area contributed by atoms with E-state index in [0.29, 0.717) is 6.54 Å². The van der Waals surface area contributed by atoms with Crippen LogP contribution in [0.1, 0.15) is 15.9 Å². The largest absolute Gasteiger partial charge is 0.350 e. The highest BCUT2D eigenvalue weighted by molar-refractivity contribution is 5.95. The van der Waals surface area contributed by atoms with E-state index in [9.17, 15) is 9.18 Å². The van der Waals surface area contributed by atoms with Gasteiger partial charge in [-0.15, -0.1) is 0 Å². The SMILES string of the molecule is Cc1ccc(-c2ccc(C(=O)NCC3CN(C)CCN3C)c(F)c2)cc1. The molecule has 2 aromatic carbocycles. The Labute approximate surface area is 154 Å². The number of nitrogens with one attached hydrogen (secondary N) is 1. The lowest BCUT2D eigenvalue weighted by Gasteiger charge is -2.37. The molecule has 0 radical (unpaired) electrons. The van der Waals surface area contributed by atoms with E-state index in [2.05, 4.69) is 29.2 Å². The van der Waals surface area contributed by atoms with Crippen LogP contribution in [0, 0.1) is 12.7 Å². The lowest BCUT2D eigenvalue weighted by atomic mass is 10.0. The van der Waals surface area contributed by atoms with E-state index in [1.165, 1.54) is 6.07 Å². The molecule has 3 rings (SSSR count). The zero-order valence-electron chi connectivity index (χ0n) is 15.6. The average molecular weight is 355 g/mol. The van der Waals surface area contributed by atoms with Gasteiger partial charge in [0, 0.05) is 32.2 Å². The Morgan fingerprint density at radius 3 is 2.50 bits per heavy atom. The van der Waals surface area contributed by atoms with Crippen molar-refractivity contribution in [2.45, 2.75) is 13.0 Å². The molecule has 138 valence electrons.